The summed E-state index contributed by atoms with van der Waals surface area (Å²) in [7, 11) is 1.79. The SMILES string of the molecule is Cc1csc(C(C)N(C)C(=O)c2cc(-c3ccc(C)s3)[nH]n2)n1. The third-order valence-corrected chi connectivity index (χ3v) is 5.87. The summed E-state index contributed by atoms with van der Waals surface area (Å²) >= 11 is 3.25. The number of thiophene rings is 1. The number of nitrogens with zero attached hydrogens (tertiary/aromatic N) is 3. The van der Waals surface area contributed by atoms with Gasteiger partial charge in [0.15, 0.2) is 5.69 Å². The summed E-state index contributed by atoms with van der Waals surface area (Å²) in [6.07, 6.45) is 0. The van der Waals surface area contributed by atoms with E-state index in [1.54, 1.807) is 34.6 Å². The highest BCUT2D eigenvalue weighted by molar-refractivity contribution is 7.15. The number of carbonyl (C=O) groups is 1. The van der Waals surface area contributed by atoms with Crippen LogP contribution in [0.2, 0.25) is 0 Å². The Morgan fingerprint density at radius 2 is 2.13 bits per heavy atom. The van der Waals surface area contributed by atoms with E-state index in [2.05, 4.69) is 28.2 Å². The zero-order valence-electron chi connectivity index (χ0n) is 13.5. The Bertz CT molecular complexity index is 833. The molecule has 0 spiro atoms. The van der Waals surface area contributed by atoms with Gasteiger partial charge in [-0.15, -0.1) is 22.7 Å². The summed E-state index contributed by atoms with van der Waals surface area (Å²) in [5.74, 6) is -0.110. The molecule has 3 aromatic rings. The highest BCUT2D eigenvalue weighted by Gasteiger charge is 2.23. The zero-order chi connectivity index (χ0) is 16.6. The third-order valence-electron chi connectivity index (χ3n) is 3.70. The van der Waals surface area contributed by atoms with Gasteiger partial charge in [0.1, 0.15) is 5.01 Å². The normalized spacial score (nSPS) is 12.3. The number of carbonyl (C=O) groups excluding carboxylic acids is 1. The molecule has 0 aliphatic heterocycles. The molecule has 3 heterocycles. The molecule has 1 atom stereocenters. The number of nitrogens with one attached hydrogen (secondary N) is 1. The Kier molecular flexibility index (Phi) is 4.32. The van der Waals surface area contributed by atoms with E-state index in [1.165, 1.54) is 4.88 Å². The predicted molar refractivity (Wildman–Crippen MR) is 94.0 cm³/mol. The second kappa shape index (κ2) is 6.25. The van der Waals surface area contributed by atoms with Crippen LogP contribution < -0.4 is 0 Å². The van der Waals surface area contributed by atoms with E-state index in [4.69, 9.17) is 0 Å². The van der Waals surface area contributed by atoms with Gasteiger partial charge >= 0.3 is 0 Å². The van der Waals surface area contributed by atoms with E-state index < -0.39 is 0 Å². The number of aromatic amines is 1. The minimum absolute atomic E-state index is 0.0784. The maximum absolute atomic E-state index is 12.6. The van der Waals surface area contributed by atoms with E-state index in [9.17, 15) is 4.79 Å². The summed E-state index contributed by atoms with van der Waals surface area (Å²) in [6, 6.07) is 5.82. The first-order chi connectivity index (χ1) is 11.0. The molecule has 0 fully saturated rings. The largest absolute Gasteiger partial charge is 0.331 e. The van der Waals surface area contributed by atoms with Crippen LogP contribution in [-0.2, 0) is 0 Å². The van der Waals surface area contributed by atoms with Crippen molar-refractivity contribution in [1.29, 1.82) is 0 Å². The van der Waals surface area contributed by atoms with Crippen LogP contribution >= 0.6 is 22.7 Å². The average Bonchev–Trinajstić information content (AvgIpc) is 3.25. The van der Waals surface area contributed by atoms with Gasteiger partial charge in [0.2, 0.25) is 0 Å². The molecule has 0 radical (unpaired) electrons. The van der Waals surface area contributed by atoms with Gasteiger partial charge in [-0.25, -0.2) is 4.98 Å². The fourth-order valence-corrected chi connectivity index (χ4v) is 3.95. The highest BCUT2D eigenvalue weighted by atomic mass is 32.1. The molecule has 3 rings (SSSR count). The number of hydrogen-bond acceptors (Lipinski definition) is 5. The second-order valence-electron chi connectivity index (χ2n) is 5.50. The van der Waals surface area contributed by atoms with Gasteiger partial charge in [0.05, 0.1) is 16.6 Å². The van der Waals surface area contributed by atoms with Crippen molar-refractivity contribution in [3.05, 3.63) is 44.9 Å². The van der Waals surface area contributed by atoms with Gasteiger partial charge in [0, 0.05) is 23.0 Å². The lowest BCUT2D eigenvalue weighted by Gasteiger charge is -2.22. The molecule has 5 nitrogen and oxygen atoms in total. The molecule has 23 heavy (non-hydrogen) atoms. The molecular formula is C16H18N4OS2. The predicted octanol–water partition coefficient (Wildman–Crippen LogP) is 4.04. The van der Waals surface area contributed by atoms with E-state index in [0.29, 0.717) is 5.69 Å². The maximum Gasteiger partial charge on any atom is 0.274 e. The molecule has 7 heteroatoms. The van der Waals surface area contributed by atoms with Gasteiger partial charge in [-0.3, -0.25) is 9.89 Å². The zero-order valence-corrected chi connectivity index (χ0v) is 15.1. The van der Waals surface area contributed by atoms with Crippen molar-refractivity contribution in [3.63, 3.8) is 0 Å². The Labute approximate surface area is 143 Å². The lowest BCUT2D eigenvalue weighted by molar-refractivity contribution is 0.0736. The van der Waals surface area contributed by atoms with E-state index >= 15 is 0 Å². The average molecular weight is 346 g/mol. The maximum atomic E-state index is 12.6. The minimum atomic E-state index is -0.110. The van der Waals surface area contributed by atoms with Crippen molar-refractivity contribution in [1.82, 2.24) is 20.1 Å². The number of amides is 1. The Morgan fingerprint density at radius 1 is 1.35 bits per heavy atom. The molecule has 1 N–H and O–H groups in total. The molecule has 0 aliphatic rings. The lowest BCUT2D eigenvalue weighted by Crippen LogP contribution is -2.29. The van der Waals surface area contributed by atoms with Crippen molar-refractivity contribution >= 4 is 28.6 Å². The quantitative estimate of drug-likeness (QED) is 0.775. The van der Waals surface area contributed by atoms with Crippen molar-refractivity contribution in [2.75, 3.05) is 7.05 Å². The first-order valence-electron chi connectivity index (χ1n) is 7.27. The Hall–Kier alpha value is -1.99. The van der Waals surface area contributed by atoms with Crippen LogP contribution in [-0.4, -0.2) is 33.0 Å². The number of aromatic nitrogens is 3. The molecule has 1 unspecified atom stereocenters. The monoisotopic (exact) mass is 346 g/mol. The molecule has 0 saturated carbocycles. The van der Waals surface area contributed by atoms with E-state index in [1.807, 2.05) is 31.4 Å². The number of rotatable bonds is 4. The summed E-state index contributed by atoms with van der Waals surface area (Å²) in [4.78, 5) is 21.1. The Morgan fingerprint density at radius 3 is 2.74 bits per heavy atom. The van der Waals surface area contributed by atoms with Gasteiger partial charge in [-0.1, -0.05) is 0 Å². The summed E-state index contributed by atoms with van der Waals surface area (Å²) in [5, 5.41) is 10.1. The fraction of sp³-hybridized carbons (Fsp3) is 0.312. The smallest absolute Gasteiger partial charge is 0.274 e. The summed E-state index contributed by atoms with van der Waals surface area (Å²) in [6.45, 7) is 5.99. The number of thiazole rings is 1. The lowest BCUT2D eigenvalue weighted by atomic mass is 10.2. The van der Waals surface area contributed by atoms with Crippen molar-refractivity contribution in [2.24, 2.45) is 0 Å². The van der Waals surface area contributed by atoms with E-state index in [0.717, 1.165) is 21.3 Å². The topological polar surface area (TPSA) is 61.9 Å². The van der Waals surface area contributed by atoms with Gasteiger partial charge in [-0.2, -0.15) is 5.10 Å². The van der Waals surface area contributed by atoms with Gasteiger partial charge in [-0.05, 0) is 39.0 Å². The molecule has 0 aliphatic carbocycles. The van der Waals surface area contributed by atoms with Crippen molar-refractivity contribution < 1.29 is 4.79 Å². The molecule has 3 aromatic heterocycles. The van der Waals surface area contributed by atoms with Crippen LogP contribution in [0.3, 0.4) is 0 Å². The standard InChI is InChI=1S/C16H18N4OS2/c1-9-8-22-15(17-9)11(3)20(4)16(21)13-7-12(18-19-13)14-6-5-10(2)23-14/h5-8,11H,1-4H3,(H,18,19). The second-order valence-corrected chi connectivity index (χ2v) is 7.67. The summed E-state index contributed by atoms with van der Waals surface area (Å²) < 4.78 is 0. The number of aryl methyl sites for hydroxylation is 2. The minimum Gasteiger partial charge on any atom is -0.331 e. The molecule has 1 amide bonds. The fourth-order valence-electron chi connectivity index (χ4n) is 2.22. The van der Waals surface area contributed by atoms with Crippen LogP contribution in [0.25, 0.3) is 10.6 Å². The number of hydrogen-bond donors (Lipinski definition) is 1. The van der Waals surface area contributed by atoms with Crippen LogP contribution in [0.15, 0.2) is 23.6 Å². The molecule has 0 bridgehead atoms. The van der Waals surface area contributed by atoms with Gasteiger partial charge < -0.3 is 4.90 Å². The molecule has 0 saturated heterocycles. The molecule has 0 aromatic carbocycles. The Balaban J connectivity index is 1.79. The first kappa shape index (κ1) is 15.9. The van der Waals surface area contributed by atoms with Crippen LogP contribution in [0.1, 0.15) is 39.0 Å². The van der Waals surface area contributed by atoms with Crippen molar-refractivity contribution in [3.8, 4) is 10.6 Å². The van der Waals surface area contributed by atoms with Crippen LogP contribution in [0.4, 0.5) is 0 Å². The highest BCUT2D eigenvalue weighted by Crippen LogP contribution is 2.28. The van der Waals surface area contributed by atoms with Crippen molar-refractivity contribution in [2.45, 2.75) is 26.8 Å². The summed E-state index contributed by atoms with van der Waals surface area (Å²) in [5.41, 5.74) is 2.28. The first-order valence-corrected chi connectivity index (χ1v) is 8.96. The van der Waals surface area contributed by atoms with Gasteiger partial charge in [0.25, 0.3) is 5.91 Å². The van der Waals surface area contributed by atoms with Crippen LogP contribution in [0, 0.1) is 13.8 Å². The number of H-pyrrole nitrogens is 1. The van der Waals surface area contributed by atoms with Crippen LogP contribution in [0.5, 0.6) is 0 Å². The van der Waals surface area contributed by atoms with E-state index in [-0.39, 0.29) is 11.9 Å². The molecule has 120 valence electrons. The third kappa shape index (κ3) is 3.20. The molecular weight excluding hydrogens is 328 g/mol.